The van der Waals surface area contributed by atoms with Gasteiger partial charge in [-0.3, -0.25) is 4.90 Å². The van der Waals surface area contributed by atoms with Crippen LogP contribution in [0.5, 0.6) is 0 Å². The fraction of sp³-hybridized carbons (Fsp3) is 0.576. The minimum Gasteiger partial charge on any atom is -0.445 e. The van der Waals surface area contributed by atoms with Crippen LogP contribution in [0.1, 0.15) is 91.3 Å². The van der Waals surface area contributed by atoms with E-state index in [0.29, 0.717) is 13.0 Å². The van der Waals surface area contributed by atoms with E-state index in [-0.39, 0.29) is 24.8 Å². The normalized spacial score (nSPS) is 21.4. The maximum Gasteiger partial charge on any atom is 0.494 e. The third-order valence-electron chi connectivity index (χ3n) is 8.45. The largest absolute Gasteiger partial charge is 0.494 e. The van der Waals surface area contributed by atoms with Crippen LogP contribution in [0.25, 0.3) is 0 Å². The SMILES string of the molecule is CSc1cc(B2OC(C)(C)C(C)(C)O2)ccc1[C@@H]1CCC[C@@H](CCNC(=O)OC(C)(C)C)N1C(=O)OCc1ccccc1. The first-order chi connectivity index (χ1) is 20.2. The van der Waals surface area contributed by atoms with Gasteiger partial charge in [0.05, 0.1) is 17.2 Å². The van der Waals surface area contributed by atoms with Crippen LogP contribution in [0.2, 0.25) is 0 Å². The van der Waals surface area contributed by atoms with Gasteiger partial charge in [0.15, 0.2) is 0 Å². The number of ether oxygens (including phenoxy) is 2. The minimum atomic E-state index is -0.576. The molecule has 0 spiro atoms. The van der Waals surface area contributed by atoms with Crippen LogP contribution in [-0.2, 0) is 25.4 Å². The monoisotopic (exact) mass is 610 g/mol. The molecule has 2 atom stereocenters. The van der Waals surface area contributed by atoms with Gasteiger partial charge >= 0.3 is 19.3 Å². The molecule has 0 aromatic heterocycles. The van der Waals surface area contributed by atoms with Crippen molar-refractivity contribution in [2.45, 2.75) is 115 Å². The number of hydrogen-bond donors (Lipinski definition) is 1. The third kappa shape index (κ3) is 8.28. The van der Waals surface area contributed by atoms with Gasteiger partial charge in [-0.2, -0.15) is 0 Å². The molecule has 234 valence electrons. The molecule has 0 radical (unpaired) electrons. The Bertz CT molecular complexity index is 1250. The van der Waals surface area contributed by atoms with E-state index >= 15 is 0 Å². The third-order valence-corrected chi connectivity index (χ3v) is 9.24. The molecule has 2 saturated heterocycles. The summed E-state index contributed by atoms with van der Waals surface area (Å²) in [5, 5.41) is 2.86. The average Bonchev–Trinajstić information content (AvgIpc) is 3.17. The zero-order valence-electron chi connectivity index (χ0n) is 26.9. The van der Waals surface area contributed by atoms with Gasteiger partial charge in [-0.05, 0) is 103 Å². The van der Waals surface area contributed by atoms with E-state index in [1.807, 2.05) is 56.0 Å². The van der Waals surface area contributed by atoms with Crippen molar-refractivity contribution >= 4 is 36.5 Å². The zero-order valence-corrected chi connectivity index (χ0v) is 27.7. The van der Waals surface area contributed by atoms with Gasteiger partial charge in [0, 0.05) is 17.5 Å². The fourth-order valence-electron chi connectivity index (χ4n) is 5.52. The topological polar surface area (TPSA) is 86.3 Å². The number of thioether (sulfide) groups is 1. The van der Waals surface area contributed by atoms with Gasteiger partial charge in [0.1, 0.15) is 12.2 Å². The highest BCUT2D eigenvalue weighted by atomic mass is 32.2. The van der Waals surface area contributed by atoms with Gasteiger partial charge in [0.2, 0.25) is 0 Å². The second kappa shape index (κ2) is 13.5. The Morgan fingerprint density at radius 1 is 1.05 bits per heavy atom. The van der Waals surface area contributed by atoms with Crippen LogP contribution in [0.3, 0.4) is 0 Å². The number of nitrogens with zero attached hydrogens (tertiary/aromatic N) is 1. The summed E-state index contributed by atoms with van der Waals surface area (Å²) in [6.07, 6.45) is 4.44. The molecule has 0 unspecified atom stereocenters. The summed E-state index contributed by atoms with van der Waals surface area (Å²) in [4.78, 5) is 29.1. The molecular formula is C33H47BN2O6S. The molecular weight excluding hydrogens is 563 g/mol. The molecule has 2 aromatic carbocycles. The van der Waals surface area contributed by atoms with Crippen LogP contribution in [0.4, 0.5) is 9.59 Å². The molecule has 2 amide bonds. The number of alkyl carbamates (subject to hydrolysis) is 1. The molecule has 4 rings (SSSR count). The van der Waals surface area contributed by atoms with Crippen LogP contribution in [0, 0.1) is 0 Å². The molecule has 1 N–H and O–H groups in total. The number of benzene rings is 2. The Labute approximate surface area is 261 Å². The van der Waals surface area contributed by atoms with Crippen molar-refractivity contribution in [2.24, 2.45) is 0 Å². The van der Waals surface area contributed by atoms with Crippen molar-refractivity contribution in [1.29, 1.82) is 0 Å². The van der Waals surface area contributed by atoms with Crippen LogP contribution in [-0.4, -0.2) is 59.9 Å². The molecule has 8 nitrogen and oxygen atoms in total. The average molecular weight is 611 g/mol. The highest BCUT2D eigenvalue weighted by Crippen LogP contribution is 2.41. The molecule has 43 heavy (non-hydrogen) atoms. The van der Waals surface area contributed by atoms with Crippen molar-refractivity contribution in [3.8, 4) is 0 Å². The maximum atomic E-state index is 13.8. The van der Waals surface area contributed by atoms with E-state index in [2.05, 4.69) is 57.5 Å². The minimum absolute atomic E-state index is 0.102. The Morgan fingerprint density at radius 3 is 2.35 bits per heavy atom. The molecule has 10 heteroatoms. The lowest BCUT2D eigenvalue weighted by atomic mass is 9.78. The summed E-state index contributed by atoms with van der Waals surface area (Å²) < 4.78 is 23.9. The first-order valence-corrected chi connectivity index (χ1v) is 16.4. The first kappa shape index (κ1) is 33.2. The Kier molecular flexibility index (Phi) is 10.4. The molecule has 2 heterocycles. The molecule has 2 fully saturated rings. The van der Waals surface area contributed by atoms with Crippen LogP contribution >= 0.6 is 11.8 Å². The number of likely N-dealkylation sites (tertiary alicyclic amines) is 1. The van der Waals surface area contributed by atoms with E-state index in [9.17, 15) is 9.59 Å². The van der Waals surface area contributed by atoms with E-state index < -0.39 is 30.0 Å². The number of carbonyl (C=O) groups excluding carboxylic acids is 2. The van der Waals surface area contributed by atoms with Gasteiger partial charge < -0.3 is 24.1 Å². The number of rotatable bonds is 8. The number of piperidine rings is 1. The van der Waals surface area contributed by atoms with E-state index in [4.69, 9.17) is 18.8 Å². The van der Waals surface area contributed by atoms with Crippen molar-refractivity contribution in [1.82, 2.24) is 10.2 Å². The highest BCUT2D eigenvalue weighted by Gasteiger charge is 2.52. The molecule has 0 saturated carbocycles. The fourth-order valence-corrected chi connectivity index (χ4v) is 6.22. The van der Waals surface area contributed by atoms with Gasteiger partial charge in [-0.1, -0.05) is 42.5 Å². The van der Waals surface area contributed by atoms with E-state index in [0.717, 1.165) is 40.7 Å². The Balaban J connectivity index is 1.57. The smallest absolute Gasteiger partial charge is 0.445 e. The maximum absolute atomic E-state index is 13.8. The predicted octanol–water partition coefficient (Wildman–Crippen LogP) is 6.85. The molecule has 2 aliphatic rings. The second-order valence-corrected chi connectivity index (χ2v) is 14.2. The summed E-state index contributed by atoms with van der Waals surface area (Å²) in [7, 11) is -0.463. The summed E-state index contributed by atoms with van der Waals surface area (Å²) in [6, 6.07) is 15.7. The lowest BCUT2D eigenvalue weighted by molar-refractivity contribution is 0.00578. The Morgan fingerprint density at radius 2 is 1.72 bits per heavy atom. The van der Waals surface area contributed by atoms with Crippen molar-refractivity contribution in [2.75, 3.05) is 12.8 Å². The number of nitrogens with one attached hydrogen (secondary N) is 1. The highest BCUT2D eigenvalue weighted by molar-refractivity contribution is 7.98. The standard InChI is InChI=1S/C33H47BN2O6S/c1-31(2,3)40-29(37)35-20-19-25-15-12-16-27(36(25)30(38)39-22-23-13-10-9-11-14-23)26-18-17-24(21-28(26)43-8)34-41-32(4,5)33(6,7)42-34/h9-11,13-14,17-18,21,25,27H,12,15-16,19-20,22H2,1-8H3,(H,35,37)/t25-,27-/m0/s1. The lowest BCUT2D eigenvalue weighted by Gasteiger charge is -2.42. The number of hydrogen-bond acceptors (Lipinski definition) is 7. The molecule has 2 aromatic rings. The Hall–Kier alpha value is -2.69. The van der Waals surface area contributed by atoms with Crippen molar-refractivity contribution in [3.05, 3.63) is 59.7 Å². The number of amides is 2. The summed E-state index contributed by atoms with van der Waals surface area (Å²) in [5.41, 5.74) is 1.53. The molecule has 0 bridgehead atoms. The van der Waals surface area contributed by atoms with E-state index in [1.165, 1.54) is 0 Å². The van der Waals surface area contributed by atoms with Gasteiger partial charge in [-0.15, -0.1) is 11.8 Å². The van der Waals surface area contributed by atoms with E-state index in [1.54, 1.807) is 11.8 Å². The molecule has 2 aliphatic heterocycles. The molecule has 0 aliphatic carbocycles. The van der Waals surface area contributed by atoms with Crippen molar-refractivity contribution in [3.63, 3.8) is 0 Å². The summed E-state index contributed by atoms with van der Waals surface area (Å²) in [6.45, 7) is 14.3. The van der Waals surface area contributed by atoms with Gasteiger partial charge in [0.25, 0.3) is 0 Å². The zero-order chi connectivity index (χ0) is 31.4. The number of carbonyl (C=O) groups is 2. The summed E-state index contributed by atoms with van der Waals surface area (Å²) >= 11 is 1.65. The second-order valence-electron chi connectivity index (χ2n) is 13.4. The predicted molar refractivity (Wildman–Crippen MR) is 172 cm³/mol. The van der Waals surface area contributed by atoms with Gasteiger partial charge in [-0.25, -0.2) is 9.59 Å². The quantitative estimate of drug-likeness (QED) is 0.258. The van der Waals surface area contributed by atoms with Crippen molar-refractivity contribution < 1.29 is 28.4 Å². The van der Waals surface area contributed by atoms with Crippen LogP contribution in [0.15, 0.2) is 53.4 Å². The lowest BCUT2D eigenvalue weighted by Crippen LogP contribution is -2.47. The van der Waals surface area contributed by atoms with Crippen LogP contribution < -0.4 is 10.8 Å². The first-order valence-electron chi connectivity index (χ1n) is 15.2. The summed E-state index contributed by atoms with van der Waals surface area (Å²) in [5.74, 6) is 0.